The summed E-state index contributed by atoms with van der Waals surface area (Å²) >= 11 is 12.6. The number of carbonyl (C=O) groups is 6. The van der Waals surface area contributed by atoms with E-state index < -0.39 is 40.7 Å². The maximum absolute atomic E-state index is 15.9. The number of nitrogens with two attached hydrogens (primary N) is 1. The largest absolute Gasteiger partial charge is 0.357 e. The summed E-state index contributed by atoms with van der Waals surface area (Å²) in [6.45, 7) is 7.97. The quantitative estimate of drug-likeness (QED) is 0.0633. The molecule has 1 saturated carbocycles. The molecule has 61 heavy (non-hydrogen) atoms. The van der Waals surface area contributed by atoms with Gasteiger partial charge in [0.1, 0.15) is 29.8 Å². The molecule has 7 N–H and O–H groups in total. The average Bonchev–Trinajstić information content (AvgIpc) is 3.71. The molecule has 324 valence electrons. The fraction of sp³-hybridized carbons (Fsp3) is 0.348. The first kappa shape index (κ1) is 48.2. The van der Waals surface area contributed by atoms with Gasteiger partial charge in [-0.1, -0.05) is 98.5 Å². The van der Waals surface area contributed by atoms with Gasteiger partial charge in [-0.15, -0.1) is 0 Å². The molecule has 1 aliphatic carbocycles. The van der Waals surface area contributed by atoms with Gasteiger partial charge in [-0.3, -0.25) is 29.3 Å². The van der Waals surface area contributed by atoms with E-state index in [2.05, 4.69) is 33.2 Å². The third-order valence-electron chi connectivity index (χ3n) is 11.0. The van der Waals surface area contributed by atoms with Gasteiger partial charge in [0.2, 0.25) is 17.7 Å². The van der Waals surface area contributed by atoms with Crippen LogP contribution in [0, 0.1) is 5.82 Å². The highest BCUT2D eigenvalue weighted by molar-refractivity contribution is 6.31. The van der Waals surface area contributed by atoms with E-state index >= 15 is 4.39 Å². The topological polar surface area (TPSA) is 189 Å². The number of anilines is 2. The Balaban J connectivity index is 0.000000315. The smallest absolute Gasteiger partial charge is 0.251 e. The monoisotopic (exact) mass is 874 g/mol. The summed E-state index contributed by atoms with van der Waals surface area (Å²) in [5.41, 5.74) is 5.57. The van der Waals surface area contributed by atoms with Crippen molar-refractivity contribution in [3.05, 3.63) is 130 Å². The molecule has 0 radical (unpaired) electrons. The number of likely N-dealkylation sites (N-methyl/N-ethyl adjacent to an activating group) is 1. The first-order chi connectivity index (χ1) is 29.3. The van der Waals surface area contributed by atoms with Crippen LogP contribution in [0.25, 0.3) is 0 Å². The van der Waals surface area contributed by atoms with Gasteiger partial charge in [0, 0.05) is 52.5 Å². The van der Waals surface area contributed by atoms with Crippen molar-refractivity contribution in [1.29, 1.82) is 0 Å². The minimum Gasteiger partial charge on any atom is -0.357 e. The number of carbonyl (C=O) groups excluding carboxylic acids is 6. The first-order valence-corrected chi connectivity index (χ1v) is 20.9. The predicted octanol–water partition coefficient (Wildman–Crippen LogP) is 7.08. The zero-order chi connectivity index (χ0) is 44.7. The van der Waals surface area contributed by atoms with Gasteiger partial charge < -0.3 is 31.8 Å². The SMILES string of the molecule is C=C/C=C(\C=C/C)C(=O)NC(CCC=O)C(=O)NC.CCN.O=Cc1ccc(NC(=O)C2NC3(CCCCC3)C3(C(=O)Nc4cc(Cl)ccc43)C2c2cccc(Cl)c2F)cc1. The number of hydrogen-bond acceptors (Lipinski definition) is 8. The van der Waals surface area contributed by atoms with Crippen LogP contribution in [0.4, 0.5) is 15.8 Å². The Morgan fingerprint density at radius 2 is 1.74 bits per heavy atom. The third kappa shape index (κ3) is 10.5. The second-order valence-electron chi connectivity index (χ2n) is 14.7. The fourth-order valence-electron chi connectivity index (χ4n) is 8.52. The van der Waals surface area contributed by atoms with E-state index in [1.807, 2.05) is 13.0 Å². The zero-order valence-electron chi connectivity index (χ0n) is 34.5. The molecule has 4 unspecified atom stereocenters. The number of nitrogens with one attached hydrogen (secondary N) is 5. The van der Waals surface area contributed by atoms with Gasteiger partial charge in [0.15, 0.2) is 0 Å². The Morgan fingerprint density at radius 3 is 2.34 bits per heavy atom. The highest BCUT2D eigenvalue weighted by Crippen LogP contribution is 2.62. The lowest BCUT2D eigenvalue weighted by molar-refractivity contribution is -0.127. The summed E-state index contributed by atoms with van der Waals surface area (Å²) in [5, 5.41) is 15.0. The van der Waals surface area contributed by atoms with E-state index in [1.54, 1.807) is 73.7 Å². The van der Waals surface area contributed by atoms with Gasteiger partial charge in [0.05, 0.1) is 11.1 Å². The van der Waals surface area contributed by atoms with Gasteiger partial charge in [-0.05, 0) is 86.3 Å². The van der Waals surface area contributed by atoms with Crippen LogP contribution >= 0.6 is 23.2 Å². The number of hydrogen-bond donors (Lipinski definition) is 6. The molecular formula is C46H53Cl2FN6O6. The van der Waals surface area contributed by atoms with Crippen LogP contribution in [-0.4, -0.2) is 67.4 Å². The highest BCUT2D eigenvalue weighted by atomic mass is 35.5. The van der Waals surface area contributed by atoms with Crippen LogP contribution in [0.1, 0.15) is 86.2 Å². The number of benzene rings is 3. The summed E-state index contributed by atoms with van der Waals surface area (Å²) in [5.74, 6) is -2.96. The van der Waals surface area contributed by atoms with E-state index in [4.69, 9.17) is 28.9 Å². The molecule has 12 nitrogen and oxygen atoms in total. The van der Waals surface area contributed by atoms with Crippen LogP contribution < -0.4 is 32.3 Å². The Bertz CT molecular complexity index is 2160. The Labute approximate surface area is 366 Å². The van der Waals surface area contributed by atoms with Gasteiger partial charge in [0.25, 0.3) is 5.91 Å². The second kappa shape index (κ2) is 22.4. The summed E-state index contributed by atoms with van der Waals surface area (Å²) in [4.78, 5) is 73.4. The maximum Gasteiger partial charge on any atom is 0.251 e. The lowest BCUT2D eigenvalue weighted by atomic mass is 9.55. The third-order valence-corrected chi connectivity index (χ3v) is 11.5. The molecule has 4 atom stereocenters. The van der Waals surface area contributed by atoms with Crippen molar-refractivity contribution in [2.45, 2.75) is 87.7 Å². The van der Waals surface area contributed by atoms with E-state index in [0.29, 0.717) is 52.2 Å². The number of rotatable bonds is 12. The van der Waals surface area contributed by atoms with E-state index in [-0.39, 0.29) is 41.1 Å². The molecule has 4 amide bonds. The van der Waals surface area contributed by atoms with Crippen molar-refractivity contribution in [2.24, 2.45) is 5.73 Å². The van der Waals surface area contributed by atoms with Crippen molar-refractivity contribution in [3.8, 4) is 0 Å². The Hall–Kier alpha value is -5.47. The maximum atomic E-state index is 15.9. The summed E-state index contributed by atoms with van der Waals surface area (Å²) in [6, 6.07) is 14.8. The number of fused-ring (bicyclic) bond motifs is 3. The van der Waals surface area contributed by atoms with Crippen molar-refractivity contribution in [2.75, 3.05) is 24.2 Å². The van der Waals surface area contributed by atoms with Crippen LogP contribution in [0.3, 0.4) is 0 Å². The number of halogens is 3. The van der Waals surface area contributed by atoms with Crippen LogP contribution in [0.2, 0.25) is 10.0 Å². The van der Waals surface area contributed by atoms with Crippen molar-refractivity contribution in [1.82, 2.24) is 16.0 Å². The molecule has 2 spiro atoms. The van der Waals surface area contributed by atoms with Gasteiger partial charge >= 0.3 is 0 Å². The predicted molar refractivity (Wildman–Crippen MR) is 238 cm³/mol. The minimum atomic E-state index is -1.29. The van der Waals surface area contributed by atoms with Crippen LogP contribution in [0.15, 0.2) is 97.1 Å². The van der Waals surface area contributed by atoms with Crippen LogP contribution in [0.5, 0.6) is 0 Å². The molecule has 6 rings (SSSR count). The average molecular weight is 876 g/mol. The Kier molecular flexibility index (Phi) is 17.7. The lowest BCUT2D eigenvalue weighted by Crippen LogP contribution is -2.60. The van der Waals surface area contributed by atoms with E-state index in [1.165, 1.54) is 19.2 Å². The second-order valence-corrected chi connectivity index (χ2v) is 15.6. The first-order valence-electron chi connectivity index (χ1n) is 20.1. The molecule has 2 aliphatic heterocycles. The van der Waals surface area contributed by atoms with Gasteiger partial charge in [-0.2, -0.15) is 0 Å². The van der Waals surface area contributed by atoms with E-state index in [0.717, 1.165) is 32.1 Å². The molecule has 3 aliphatic rings. The molecule has 2 fully saturated rings. The molecule has 1 saturated heterocycles. The van der Waals surface area contributed by atoms with Crippen molar-refractivity contribution >= 4 is 70.8 Å². The van der Waals surface area contributed by atoms with Gasteiger partial charge in [-0.25, -0.2) is 4.39 Å². The van der Waals surface area contributed by atoms with Crippen LogP contribution in [-0.2, 0) is 29.4 Å². The van der Waals surface area contributed by atoms with E-state index in [9.17, 15) is 28.8 Å². The molecule has 2 heterocycles. The Morgan fingerprint density at radius 1 is 1.05 bits per heavy atom. The molecule has 0 bridgehead atoms. The molecule has 0 aromatic heterocycles. The summed E-state index contributed by atoms with van der Waals surface area (Å²) < 4.78 is 15.9. The van der Waals surface area contributed by atoms with Crippen molar-refractivity contribution in [3.63, 3.8) is 0 Å². The minimum absolute atomic E-state index is 0.0782. The highest BCUT2D eigenvalue weighted by Gasteiger charge is 2.72. The fourth-order valence-corrected chi connectivity index (χ4v) is 8.87. The summed E-state index contributed by atoms with van der Waals surface area (Å²) in [7, 11) is 1.48. The number of aldehydes is 2. The van der Waals surface area contributed by atoms with Crippen molar-refractivity contribution < 1.29 is 33.2 Å². The molecule has 15 heteroatoms. The lowest BCUT2D eigenvalue weighted by Gasteiger charge is -2.47. The number of amides is 4. The molecule has 3 aromatic rings. The summed E-state index contributed by atoms with van der Waals surface area (Å²) in [6.07, 6.45) is 12.3. The molecule has 3 aromatic carbocycles. The number of allylic oxidation sites excluding steroid dienone is 3. The molecular weight excluding hydrogens is 822 g/mol. The standard InChI is InChI=1S/C30H26Cl2FN3O3.C14H20N2O3.C2H7N/c31-18-9-12-21-23(15-18)35-28(39)30(21)24(20-5-4-6-22(32)25(20)33)26(36-29(30)13-2-1-3-14-29)27(38)34-19-10-7-17(16-37)8-11-19;1-4-7-11(8-5-2)13(18)16-12(9-6-10-17)14(19)15-3;1-2-3/h4-12,15-16,24,26,36H,1-3,13-14H2,(H,34,38)(H,35,39);4-5,7-8,10,12H,1,6,9H2,2-3H3,(H,15,19)(H,16,18);2-3H2,1H3/b;8-5-,11-7+;. The zero-order valence-corrected chi connectivity index (χ0v) is 36.0. The normalized spacial score (nSPS) is 20.2.